The maximum atomic E-state index is 12.9. The van der Waals surface area contributed by atoms with Crippen LogP contribution in [0.2, 0.25) is 0 Å². The van der Waals surface area contributed by atoms with Gasteiger partial charge in [-0.1, -0.05) is 6.07 Å². The lowest BCUT2D eigenvalue weighted by Crippen LogP contribution is -2.38. The van der Waals surface area contributed by atoms with Crippen molar-refractivity contribution in [2.45, 2.75) is 51.4 Å². The topological polar surface area (TPSA) is 54.9 Å². The van der Waals surface area contributed by atoms with E-state index < -0.39 is 0 Å². The van der Waals surface area contributed by atoms with Gasteiger partial charge >= 0.3 is 0 Å². The van der Waals surface area contributed by atoms with Gasteiger partial charge in [-0.25, -0.2) is 0 Å². The number of aromatic nitrogens is 1. The summed E-state index contributed by atoms with van der Waals surface area (Å²) in [4.78, 5) is 21.6. The van der Waals surface area contributed by atoms with Gasteiger partial charge in [0.25, 0.3) is 5.91 Å². The molecule has 0 spiro atoms. The molecule has 0 saturated carbocycles. The van der Waals surface area contributed by atoms with Gasteiger partial charge in [0.15, 0.2) is 0 Å². The number of ether oxygens (including phenoxy) is 2. The van der Waals surface area contributed by atoms with E-state index in [0.717, 1.165) is 63.4 Å². The highest BCUT2D eigenvalue weighted by Crippen LogP contribution is 2.21. The number of pyridine rings is 1. The highest BCUT2D eigenvalue weighted by molar-refractivity contribution is 5.94. The van der Waals surface area contributed by atoms with E-state index in [4.69, 9.17) is 9.47 Å². The molecule has 1 atom stereocenters. The number of likely N-dealkylation sites (N-methyl/N-ethyl adjacent to an activating group) is 1. The van der Waals surface area contributed by atoms with Gasteiger partial charge in [0, 0.05) is 51.1 Å². The Kier molecular flexibility index (Phi) is 7.54. The summed E-state index contributed by atoms with van der Waals surface area (Å²) in [7, 11) is 0. The number of amides is 1. The zero-order chi connectivity index (χ0) is 21.5. The Labute approximate surface area is 185 Å². The van der Waals surface area contributed by atoms with Crippen molar-refractivity contribution in [2.75, 3.05) is 32.8 Å². The molecule has 1 aromatic carbocycles. The molecule has 2 aromatic rings. The number of carbonyl (C=O) groups is 1. The highest BCUT2D eigenvalue weighted by atomic mass is 16.5. The SMILES string of the molecule is CCN(C[C@@H]1CCCO1)C(=O)c1ccc(OC2CCN(Cc3ccccn3)CC2)cc1. The monoisotopic (exact) mass is 423 g/mol. The van der Waals surface area contributed by atoms with E-state index in [0.29, 0.717) is 18.7 Å². The van der Waals surface area contributed by atoms with E-state index in [2.05, 4.69) is 16.0 Å². The molecule has 1 amide bonds. The first kappa shape index (κ1) is 21.8. The van der Waals surface area contributed by atoms with Gasteiger partial charge in [0.05, 0.1) is 11.8 Å². The molecule has 0 unspecified atom stereocenters. The summed E-state index contributed by atoms with van der Waals surface area (Å²) in [5.41, 5.74) is 1.82. The number of likely N-dealkylation sites (tertiary alicyclic amines) is 1. The van der Waals surface area contributed by atoms with Crippen LogP contribution in [0.4, 0.5) is 0 Å². The van der Waals surface area contributed by atoms with Gasteiger partial charge < -0.3 is 14.4 Å². The summed E-state index contributed by atoms with van der Waals surface area (Å²) in [5, 5.41) is 0. The van der Waals surface area contributed by atoms with E-state index >= 15 is 0 Å². The van der Waals surface area contributed by atoms with E-state index in [9.17, 15) is 4.79 Å². The number of nitrogens with zero attached hydrogens (tertiary/aromatic N) is 3. The third kappa shape index (κ3) is 6.05. The Hall–Kier alpha value is -2.44. The molecule has 0 radical (unpaired) electrons. The molecule has 2 fully saturated rings. The van der Waals surface area contributed by atoms with Crippen LogP contribution in [-0.4, -0.2) is 65.7 Å². The second-order valence-electron chi connectivity index (χ2n) is 8.42. The van der Waals surface area contributed by atoms with Gasteiger partial charge in [0.1, 0.15) is 11.9 Å². The zero-order valence-electron chi connectivity index (χ0n) is 18.4. The first-order chi connectivity index (χ1) is 15.2. The Balaban J connectivity index is 1.25. The maximum absolute atomic E-state index is 12.9. The van der Waals surface area contributed by atoms with Gasteiger partial charge in [-0.05, 0) is 69.0 Å². The smallest absolute Gasteiger partial charge is 0.253 e. The molecule has 0 aliphatic carbocycles. The second kappa shape index (κ2) is 10.7. The molecule has 2 aliphatic heterocycles. The second-order valence-corrected chi connectivity index (χ2v) is 8.42. The van der Waals surface area contributed by atoms with Crippen molar-refractivity contribution in [3.8, 4) is 5.75 Å². The van der Waals surface area contributed by atoms with Crippen LogP contribution in [0.15, 0.2) is 48.7 Å². The molecular formula is C25H33N3O3. The molecule has 1 aromatic heterocycles. The van der Waals surface area contributed by atoms with Crippen molar-refractivity contribution in [1.29, 1.82) is 0 Å². The molecule has 2 saturated heterocycles. The fourth-order valence-electron chi connectivity index (χ4n) is 4.35. The highest BCUT2D eigenvalue weighted by Gasteiger charge is 2.23. The zero-order valence-corrected chi connectivity index (χ0v) is 18.4. The molecule has 166 valence electrons. The molecule has 31 heavy (non-hydrogen) atoms. The molecule has 2 aliphatic rings. The molecule has 4 rings (SSSR count). The lowest BCUT2D eigenvalue weighted by molar-refractivity contribution is 0.0539. The van der Waals surface area contributed by atoms with Crippen molar-refractivity contribution >= 4 is 5.91 Å². The summed E-state index contributed by atoms with van der Waals surface area (Å²) in [6.45, 7) is 7.09. The van der Waals surface area contributed by atoms with Crippen molar-refractivity contribution in [3.05, 3.63) is 59.9 Å². The normalized spacial score (nSPS) is 20.0. The predicted molar refractivity (Wildman–Crippen MR) is 120 cm³/mol. The largest absolute Gasteiger partial charge is 0.490 e. The van der Waals surface area contributed by atoms with Crippen LogP contribution in [0.5, 0.6) is 5.75 Å². The summed E-state index contributed by atoms with van der Waals surface area (Å²) < 4.78 is 11.9. The van der Waals surface area contributed by atoms with Gasteiger partial charge in [-0.3, -0.25) is 14.7 Å². The quantitative estimate of drug-likeness (QED) is 0.647. The first-order valence-corrected chi connectivity index (χ1v) is 11.5. The van der Waals surface area contributed by atoms with Gasteiger partial charge in [0.2, 0.25) is 0 Å². The van der Waals surface area contributed by atoms with Crippen LogP contribution in [0.3, 0.4) is 0 Å². The van der Waals surface area contributed by atoms with Crippen LogP contribution in [0.1, 0.15) is 48.7 Å². The molecular weight excluding hydrogens is 390 g/mol. The Morgan fingerprint density at radius 1 is 1.16 bits per heavy atom. The first-order valence-electron chi connectivity index (χ1n) is 11.5. The van der Waals surface area contributed by atoms with Crippen LogP contribution >= 0.6 is 0 Å². The van der Waals surface area contributed by atoms with Crippen LogP contribution in [0, 0.1) is 0 Å². The fraction of sp³-hybridized carbons (Fsp3) is 0.520. The molecule has 6 heteroatoms. The van der Waals surface area contributed by atoms with Gasteiger partial charge in [-0.2, -0.15) is 0 Å². The number of piperidine rings is 1. The van der Waals surface area contributed by atoms with Crippen molar-refractivity contribution < 1.29 is 14.3 Å². The predicted octanol–water partition coefficient (Wildman–Crippen LogP) is 3.77. The Bertz CT molecular complexity index is 814. The van der Waals surface area contributed by atoms with Crippen LogP contribution in [-0.2, 0) is 11.3 Å². The lowest BCUT2D eigenvalue weighted by Gasteiger charge is -2.32. The van der Waals surface area contributed by atoms with Crippen LogP contribution < -0.4 is 4.74 Å². The average Bonchev–Trinajstić information content (AvgIpc) is 3.33. The van der Waals surface area contributed by atoms with E-state index in [-0.39, 0.29) is 18.1 Å². The summed E-state index contributed by atoms with van der Waals surface area (Å²) in [5.74, 6) is 0.897. The summed E-state index contributed by atoms with van der Waals surface area (Å²) in [6.07, 6.45) is 6.36. The molecule has 0 bridgehead atoms. The Morgan fingerprint density at radius 3 is 2.61 bits per heavy atom. The summed E-state index contributed by atoms with van der Waals surface area (Å²) >= 11 is 0. The van der Waals surface area contributed by atoms with Crippen molar-refractivity contribution in [2.24, 2.45) is 0 Å². The van der Waals surface area contributed by atoms with Gasteiger partial charge in [-0.15, -0.1) is 0 Å². The minimum absolute atomic E-state index is 0.0624. The molecule has 0 N–H and O–H groups in total. The third-order valence-electron chi connectivity index (χ3n) is 6.17. The number of rotatable bonds is 8. The standard InChI is InChI=1S/C25H33N3O3/c1-2-28(19-24-7-5-17-30-24)25(29)20-8-10-22(11-9-20)31-23-12-15-27(16-13-23)18-21-6-3-4-14-26-21/h3-4,6,8-11,14,23-24H,2,5,7,12-13,15-19H2,1H3/t24-/m0/s1. The minimum Gasteiger partial charge on any atom is -0.490 e. The van der Waals surface area contributed by atoms with Crippen molar-refractivity contribution in [3.63, 3.8) is 0 Å². The fourth-order valence-corrected chi connectivity index (χ4v) is 4.35. The van der Waals surface area contributed by atoms with E-state index in [1.165, 1.54) is 0 Å². The number of benzene rings is 1. The minimum atomic E-state index is 0.0624. The summed E-state index contributed by atoms with van der Waals surface area (Å²) in [6, 6.07) is 13.7. The number of carbonyl (C=O) groups excluding carboxylic acids is 1. The average molecular weight is 424 g/mol. The molecule has 3 heterocycles. The number of hydrogen-bond acceptors (Lipinski definition) is 5. The third-order valence-corrected chi connectivity index (χ3v) is 6.17. The number of hydrogen-bond donors (Lipinski definition) is 0. The van der Waals surface area contributed by atoms with E-state index in [1.807, 2.05) is 54.4 Å². The molecule has 6 nitrogen and oxygen atoms in total. The lowest BCUT2D eigenvalue weighted by atomic mass is 10.1. The van der Waals surface area contributed by atoms with E-state index in [1.54, 1.807) is 0 Å². The van der Waals surface area contributed by atoms with Crippen molar-refractivity contribution in [1.82, 2.24) is 14.8 Å². The van der Waals surface area contributed by atoms with Crippen LogP contribution in [0.25, 0.3) is 0 Å². The maximum Gasteiger partial charge on any atom is 0.253 e. The Morgan fingerprint density at radius 2 is 1.97 bits per heavy atom.